The van der Waals surface area contributed by atoms with Gasteiger partial charge >= 0.3 is 0 Å². The van der Waals surface area contributed by atoms with E-state index in [1.165, 1.54) is 16.7 Å². The fourth-order valence-electron chi connectivity index (χ4n) is 5.19. The topological polar surface area (TPSA) is 40.5 Å². The van der Waals surface area contributed by atoms with Gasteiger partial charge < -0.3 is 10.2 Å². The summed E-state index contributed by atoms with van der Waals surface area (Å²) in [7, 11) is 0. The molecule has 4 heteroatoms. The first-order chi connectivity index (χ1) is 13.5. The van der Waals surface area contributed by atoms with E-state index in [0.29, 0.717) is 0 Å². The van der Waals surface area contributed by atoms with Gasteiger partial charge in [0.25, 0.3) is 0 Å². The first-order valence-electron chi connectivity index (χ1n) is 9.71. The van der Waals surface area contributed by atoms with Crippen LogP contribution in [0.15, 0.2) is 57.5 Å². The Labute approximate surface area is 187 Å². The van der Waals surface area contributed by atoms with E-state index in [2.05, 4.69) is 76.0 Å². The van der Waals surface area contributed by atoms with Gasteiger partial charge in [-0.2, -0.15) is 0 Å². The minimum atomic E-state index is -1.20. The van der Waals surface area contributed by atoms with E-state index in [-0.39, 0.29) is 5.41 Å². The van der Waals surface area contributed by atoms with Crippen LogP contribution in [0, 0.1) is 0 Å². The molecule has 0 saturated carbocycles. The number of aliphatic hydroxyl groups is 2. The van der Waals surface area contributed by atoms with Gasteiger partial charge in [-0.3, -0.25) is 0 Å². The molecule has 148 valence electrons. The Hall–Kier alpha value is -1.46. The molecule has 2 aliphatic rings. The van der Waals surface area contributed by atoms with Crippen molar-refractivity contribution in [2.24, 2.45) is 0 Å². The summed E-state index contributed by atoms with van der Waals surface area (Å²) in [6.07, 6.45) is 0. The van der Waals surface area contributed by atoms with Crippen molar-refractivity contribution in [3.05, 3.63) is 90.9 Å². The molecule has 5 rings (SSSR count). The van der Waals surface area contributed by atoms with Crippen molar-refractivity contribution in [3.8, 4) is 11.1 Å². The third kappa shape index (κ3) is 2.46. The van der Waals surface area contributed by atoms with Crippen LogP contribution in [0.1, 0.15) is 61.1 Å². The highest BCUT2D eigenvalue weighted by Crippen LogP contribution is 2.55. The van der Waals surface area contributed by atoms with E-state index in [9.17, 15) is 10.2 Å². The molecule has 0 aromatic heterocycles. The van der Waals surface area contributed by atoms with Gasteiger partial charge in [0.15, 0.2) is 0 Å². The summed E-state index contributed by atoms with van der Waals surface area (Å²) in [4.78, 5) is 0. The molecule has 0 heterocycles. The van der Waals surface area contributed by atoms with Gasteiger partial charge in [-0.1, -0.05) is 63.9 Å². The Balaban J connectivity index is 1.86. The summed E-state index contributed by atoms with van der Waals surface area (Å²) in [6, 6.07) is 16.3. The second kappa shape index (κ2) is 5.82. The van der Waals surface area contributed by atoms with Crippen LogP contribution in [0.25, 0.3) is 11.1 Å². The SMILES string of the molecule is CC1(C)c2cc(Br)ccc2-c2cc3c(cc21)C(C)(O)c1cc(Br)ccc1C3(C)O. The van der Waals surface area contributed by atoms with Crippen LogP contribution in [-0.2, 0) is 16.6 Å². The van der Waals surface area contributed by atoms with Crippen LogP contribution in [-0.4, -0.2) is 10.2 Å². The Kier molecular flexibility index (Phi) is 3.91. The maximum absolute atomic E-state index is 11.7. The highest BCUT2D eigenvalue weighted by atomic mass is 79.9. The summed E-state index contributed by atoms with van der Waals surface area (Å²) in [5.41, 5.74) is 5.19. The lowest BCUT2D eigenvalue weighted by Crippen LogP contribution is -2.40. The summed E-state index contributed by atoms with van der Waals surface area (Å²) in [6.45, 7) is 8.08. The summed E-state index contributed by atoms with van der Waals surface area (Å²) in [5, 5.41) is 23.3. The Morgan fingerprint density at radius 2 is 1.03 bits per heavy atom. The lowest BCUT2D eigenvalue weighted by molar-refractivity contribution is 0.0508. The first kappa shape index (κ1) is 19.5. The molecule has 0 amide bonds. The van der Waals surface area contributed by atoms with Gasteiger partial charge in [0, 0.05) is 14.4 Å². The van der Waals surface area contributed by atoms with Gasteiger partial charge in [-0.25, -0.2) is 0 Å². The van der Waals surface area contributed by atoms with E-state index in [1.54, 1.807) is 0 Å². The summed E-state index contributed by atoms with van der Waals surface area (Å²) >= 11 is 7.12. The molecule has 0 radical (unpaired) electrons. The number of hydrogen-bond donors (Lipinski definition) is 2. The minimum Gasteiger partial charge on any atom is -0.381 e. The van der Waals surface area contributed by atoms with Crippen LogP contribution >= 0.6 is 31.9 Å². The van der Waals surface area contributed by atoms with Crippen molar-refractivity contribution >= 4 is 31.9 Å². The molecule has 2 unspecified atom stereocenters. The third-order valence-corrected chi connectivity index (χ3v) is 7.84. The second-order valence-corrected chi connectivity index (χ2v) is 10.9. The molecule has 3 aromatic carbocycles. The molecule has 2 nitrogen and oxygen atoms in total. The second-order valence-electron chi connectivity index (χ2n) is 9.09. The summed E-state index contributed by atoms with van der Waals surface area (Å²) < 4.78 is 1.94. The molecule has 0 fully saturated rings. The van der Waals surface area contributed by atoms with Gasteiger partial charge in [0.2, 0.25) is 0 Å². The monoisotopic (exact) mass is 512 g/mol. The van der Waals surface area contributed by atoms with Crippen LogP contribution in [0.4, 0.5) is 0 Å². The van der Waals surface area contributed by atoms with E-state index in [0.717, 1.165) is 36.8 Å². The van der Waals surface area contributed by atoms with Crippen LogP contribution in [0.3, 0.4) is 0 Å². The Morgan fingerprint density at radius 1 is 0.552 bits per heavy atom. The average Bonchev–Trinajstić information content (AvgIpc) is 2.86. The minimum absolute atomic E-state index is 0.192. The molecule has 0 bridgehead atoms. The van der Waals surface area contributed by atoms with E-state index >= 15 is 0 Å². The average molecular weight is 514 g/mol. The molecule has 29 heavy (non-hydrogen) atoms. The lowest BCUT2D eigenvalue weighted by atomic mass is 9.67. The highest BCUT2D eigenvalue weighted by molar-refractivity contribution is 9.10. The predicted molar refractivity (Wildman–Crippen MR) is 123 cm³/mol. The van der Waals surface area contributed by atoms with Crippen molar-refractivity contribution in [1.82, 2.24) is 0 Å². The number of benzene rings is 3. The number of rotatable bonds is 0. The van der Waals surface area contributed by atoms with Crippen LogP contribution in [0.5, 0.6) is 0 Å². The summed E-state index contributed by atoms with van der Waals surface area (Å²) in [5.74, 6) is 0. The fourth-order valence-corrected chi connectivity index (χ4v) is 5.91. The lowest BCUT2D eigenvalue weighted by Gasteiger charge is -2.42. The Morgan fingerprint density at radius 3 is 1.72 bits per heavy atom. The molecular weight excluding hydrogens is 492 g/mol. The van der Waals surface area contributed by atoms with E-state index in [1.807, 2.05) is 32.0 Å². The number of hydrogen-bond acceptors (Lipinski definition) is 2. The predicted octanol–water partition coefficient (Wildman–Crippen LogP) is 6.34. The quantitative estimate of drug-likeness (QED) is 0.368. The molecule has 0 spiro atoms. The Bertz CT molecular complexity index is 1210. The van der Waals surface area contributed by atoms with Crippen molar-refractivity contribution in [1.29, 1.82) is 0 Å². The van der Waals surface area contributed by atoms with Gasteiger partial charge in [0.05, 0.1) is 0 Å². The van der Waals surface area contributed by atoms with Crippen molar-refractivity contribution < 1.29 is 10.2 Å². The highest BCUT2D eigenvalue weighted by Gasteiger charge is 2.47. The first-order valence-corrected chi connectivity index (χ1v) is 11.3. The molecule has 2 aliphatic carbocycles. The molecular formula is C25H22Br2O2. The molecule has 2 atom stereocenters. The van der Waals surface area contributed by atoms with Gasteiger partial charge in [-0.05, 0) is 88.7 Å². The fraction of sp³-hybridized carbons (Fsp3) is 0.280. The normalized spacial score (nSPS) is 25.8. The zero-order valence-corrected chi connectivity index (χ0v) is 19.9. The zero-order chi connectivity index (χ0) is 20.9. The largest absolute Gasteiger partial charge is 0.381 e. The third-order valence-electron chi connectivity index (χ3n) is 6.86. The van der Waals surface area contributed by atoms with Crippen LogP contribution in [0.2, 0.25) is 0 Å². The number of halogens is 2. The maximum Gasteiger partial charge on any atom is 0.113 e. The molecule has 3 aromatic rings. The standard InChI is InChI=1S/C25H22Br2O2/c1-23(2)18-9-13(26)5-7-15(18)16-11-21-22(12-19(16)23)25(4,29)20-10-14(27)6-8-17(20)24(21,3)28/h5-12,28-29H,1-4H3. The maximum atomic E-state index is 11.7. The molecule has 0 aliphatic heterocycles. The number of fused-ring (bicyclic) bond motifs is 5. The molecule has 0 saturated heterocycles. The zero-order valence-electron chi connectivity index (χ0n) is 16.8. The van der Waals surface area contributed by atoms with E-state index in [4.69, 9.17) is 0 Å². The van der Waals surface area contributed by atoms with Crippen molar-refractivity contribution in [2.75, 3.05) is 0 Å². The van der Waals surface area contributed by atoms with E-state index < -0.39 is 11.2 Å². The smallest absolute Gasteiger partial charge is 0.113 e. The van der Waals surface area contributed by atoms with Crippen molar-refractivity contribution in [3.63, 3.8) is 0 Å². The van der Waals surface area contributed by atoms with Gasteiger partial charge in [0.1, 0.15) is 11.2 Å². The van der Waals surface area contributed by atoms with Crippen molar-refractivity contribution in [2.45, 2.75) is 44.3 Å². The van der Waals surface area contributed by atoms with Crippen LogP contribution < -0.4 is 0 Å². The molecule has 2 N–H and O–H groups in total. The van der Waals surface area contributed by atoms with Gasteiger partial charge in [-0.15, -0.1) is 0 Å².